The lowest BCUT2D eigenvalue weighted by atomic mass is 9.93. The Morgan fingerprint density at radius 3 is 2.91 bits per heavy atom. The fourth-order valence-corrected chi connectivity index (χ4v) is 3.75. The quantitative estimate of drug-likeness (QED) is 0.244. The standard InChI is InChI=1S/C22H16N6O4/c23-20-15(13-4-1-5-17-16(13)8-26-27-17)7-14(21-19(20)22(31)25-11-24-21)12-3-2-6-28(9-12)32-10-18(29)30/h1-9,11H,10H2,(H4-,23,24,25,26,27,29,30,31)/p+1. The van der Waals surface area contributed by atoms with E-state index < -0.39 is 12.6 Å². The first-order valence-electron chi connectivity index (χ1n) is 9.62. The van der Waals surface area contributed by atoms with E-state index in [1.54, 1.807) is 24.7 Å². The number of nitrogen functional groups attached to an aromatic ring is 1. The summed E-state index contributed by atoms with van der Waals surface area (Å²) in [7, 11) is 0. The molecular formula is C22H17N6O4+. The summed E-state index contributed by atoms with van der Waals surface area (Å²) in [5, 5.41) is 17.1. The maximum Gasteiger partial charge on any atom is 0.349 e. The van der Waals surface area contributed by atoms with Crippen LogP contribution >= 0.6 is 0 Å². The number of anilines is 1. The van der Waals surface area contributed by atoms with E-state index >= 15 is 0 Å². The first kappa shape index (κ1) is 19.2. The van der Waals surface area contributed by atoms with E-state index in [1.807, 2.05) is 30.3 Å². The van der Waals surface area contributed by atoms with Crippen molar-refractivity contribution in [2.75, 3.05) is 12.3 Å². The largest absolute Gasteiger partial charge is 0.479 e. The molecule has 0 saturated heterocycles. The van der Waals surface area contributed by atoms with Crippen molar-refractivity contribution in [2.45, 2.75) is 0 Å². The van der Waals surface area contributed by atoms with Crippen molar-refractivity contribution in [3.8, 4) is 22.3 Å². The Morgan fingerprint density at radius 1 is 1.19 bits per heavy atom. The zero-order valence-electron chi connectivity index (χ0n) is 16.6. The van der Waals surface area contributed by atoms with Crippen molar-refractivity contribution in [2.24, 2.45) is 0 Å². The van der Waals surface area contributed by atoms with Crippen molar-refractivity contribution < 1.29 is 19.5 Å². The summed E-state index contributed by atoms with van der Waals surface area (Å²) in [6, 6.07) is 11.1. The van der Waals surface area contributed by atoms with Gasteiger partial charge in [-0.15, -0.1) is 0 Å². The minimum absolute atomic E-state index is 0.266. The molecule has 2 aromatic carbocycles. The maximum absolute atomic E-state index is 12.7. The molecule has 0 radical (unpaired) electrons. The lowest BCUT2D eigenvalue weighted by molar-refractivity contribution is -0.888. The molecule has 10 nitrogen and oxygen atoms in total. The molecule has 0 unspecified atom stereocenters. The van der Waals surface area contributed by atoms with Crippen LogP contribution in [0.2, 0.25) is 0 Å². The lowest BCUT2D eigenvalue weighted by Gasteiger charge is -2.13. The van der Waals surface area contributed by atoms with Gasteiger partial charge in [-0.2, -0.15) is 5.10 Å². The van der Waals surface area contributed by atoms with Gasteiger partial charge in [-0.3, -0.25) is 14.7 Å². The van der Waals surface area contributed by atoms with Gasteiger partial charge in [0.1, 0.15) is 0 Å². The third kappa shape index (κ3) is 3.19. The van der Waals surface area contributed by atoms with E-state index in [2.05, 4.69) is 20.2 Å². The summed E-state index contributed by atoms with van der Waals surface area (Å²) in [4.78, 5) is 35.8. The van der Waals surface area contributed by atoms with Gasteiger partial charge < -0.3 is 15.8 Å². The molecular weight excluding hydrogens is 412 g/mol. The van der Waals surface area contributed by atoms with Gasteiger partial charge in [0.05, 0.1) is 40.2 Å². The van der Waals surface area contributed by atoms with E-state index in [1.165, 1.54) is 11.1 Å². The fourth-order valence-electron chi connectivity index (χ4n) is 3.75. The summed E-state index contributed by atoms with van der Waals surface area (Å²) in [5.74, 6) is -1.09. The predicted molar refractivity (Wildman–Crippen MR) is 117 cm³/mol. The topological polar surface area (TPSA) is 151 Å². The highest BCUT2D eigenvalue weighted by Gasteiger charge is 2.20. The number of hydrogen-bond donors (Lipinski definition) is 4. The van der Waals surface area contributed by atoms with Crippen molar-refractivity contribution in [3.63, 3.8) is 0 Å². The van der Waals surface area contributed by atoms with Crippen molar-refractivity contribution >= 4 is 33.5 Å². The molecule has 0 fully saturated rings. The maximum atomic E-state index is 12.7. The number of nitrogens with zero attached hydrogens (tertiary/aromatic N) is 3. The number of carbonyl (C=O) groups is 1. The molecule has 0 aliphatic rings. The van der Waals surface area contributed by atoms with Gasteiger partial charge in [-0.25, -0.2) is 9.78 Å². The Kier molecular flexibility index (Phi) is 4.52. The van der Waals surface area contributed by atoms with Crippen molar-refractivity contribution in [3.05, 3.63) is 71.7 Å². The number of aliphatic carboxylic acids is 1. The van der Waals surface area contributed by atoms with Gasteiger partial charge in [-0.05, 0) is 23.8 Å². The van der Waals surface area contributed by atoms with Gasteiger partial charge in [0.15, 0.2) is 0 Å². The Balaban J connectivity index is 1.79. The van der Waals surface area contributed by atoms with E-state index in [0.717, 1.165) is 16.5 Å². The lowest BCUT2D eigenvalue weighted by Crippen LogP contribution is -2.44. The average Bonchev–Trinajstić information content (AvgIpc) is 3.27. The second kappa shape index (κ2) is 7.51. The molecule has 5 rings (SSSR count). The molecule has 0 atom stereocenters. The van der Waals surface area contributed by atoms with E-state index in [9.17, 15) is 9.59 Å². The number of nitrogens with one attached hydrogen (secondary N) is 2. The Labute approximate surface area is 179 Å². The monoisotopic (exact) mass is 429 g/mol. The number of aromatic nitrogens is 5. The van der Waals surface area contributed by atoms with Crippen LogP contribution in [0.4, 0.5) is 5.69 Å². The van der Waals surface area contributed by atoms with E-state index in [0.29, 0.717) is 27.9 Å². The van der Waals surface area contributed by atoms with Crippen LogP contribution in [0, 0.1) is 0 Å². The molecule has 5 aromatic rings. The van der Waals surface area contributed by atoms with Crippen LogP contribution in [0.3, 0.4) is 0 Å². The minimum Gasteiger partial charge on any atom is -0.479 e. The number of rotatable bonds is 5. The SMILES string of the molecule is Nc1c(-c2cccc3[nH]ncc23)cc(-c2ccc[n+](OCC(=O)O)c2)c2nc[nH]c(=O)c12. The molecule has 32 heavy (non-hydrogen) atoms. The summed E-state index contributed by atoms with van der Waals surface area (Å²) in [6.45, 7) is -0.498. The van der Waals surface area contributed by atoms with Gasteiger partial charge >= 0.3 is 5.97 Å². The number of carboxylic acids is 1. The Bertz CT molecular complexity index is 1560. The molecule has 0 aliphatic carbocycles. The first-order valence-corrected chi connectivity index (χ1v) is 9.62. The number of aromatic amines is 2. The zero-order valence-corrected chi connectivity index (χ0v) is 16.6. The number of H-pyrrole nitrogens is 2. The van der Waals surface area contributed by atoms with Crippen LogP contribution in [0.1, 0.15) is 0 Å². The summed E-state index contributed by atoms with van der Waals surface area (Å²) in [5.41, 5.74) is 10.5. The normalized spacial score (nSPS) is 11.1. The molecule has 0 spiro atoms. The van der Waals surface area contributed by atoms with Crippen LogP contribution < -0.4 is 20.9 Å². The highest BCUT2D eigenvalue weighted by Crippen LogP contribution is 2.39. The third-order valence-corrected chi connectivity index (χ3v) is 5.15. The highest BCUT2D eigenvalue weighted by molar-refractivity contribution is 6.09. The van der Waals surface area contributed by atoms with Gasteiger partial charge in [0.25, 0.3) is 12.2 Å². The van der Waals surface area contributed by atoms with Crippen LogP contribution in [0.25, 0.3) is 44.1 Å². The molecule has 3 heterocycles. The molecule has 0 bridgehead atoms. The van der Waals surface area contributed by atoms with Crippen LogP contribution in [-0.2, 0) is 4.79 Å². The fraction of sp³-hybridized carbons (Fsp3) is 0.0455. The van der Waals surface area contributed by atoms with E-state index in [-0.39, 0.29) is 10.9 Å². The zero-order chi connectivity index (χ0) is 22.2. The second-order valence-corrected chi connectivity index (χ2v) is 7.10. The second-order valence-electron chi connectivity index (χ2n) is 7.10. The minimum atomic E-state index is -1.09. The number of carboxylic acid groups (broad SMARTS) is 1. The molecule has 5 N–H and O–H groups in total. The third-order valence-electron chi connectivity index (χ3n) is 5.15. The van der Waals surface area contributed by atoms with Gasteiger partial charge in [-0.1, -0.05) is 12.1 Å². The van der Waals surface area contributed by atoms with Crippen LogP contribution in [0.15, 0.2) is 66.1 Å². The summed E-state index contributed by atoms with van der Waals surface area (Å²) >= 11 is 0. The number of nitrogens with two attached hydrogens (primary N) is 1. The number of pyridine rings is 1. The van der Waals surface area contributed by atoms with Crippen LogP contribution in [0.5, 0.6) is 0 Å². The predicted octanol–water partition coefficient (Wildman–Crippen LogP) is 1.52. The number of benzene rings is 2. The Hall–Kier alpha value is -4.73. The van der Waals surface area contributed by atoms with Crippen molar-refractivity contribution in [1.29, 1.82) is 0 Å². The van der Waals surface area contributed by atoms with E-state index in [4.69, 9.17) is 15.7 Å². The average molecular weight is 429 g/mol. The number of fused-ring (bicyclic) bond motifs is 2. The molecule has 0 amide bonds. The molecule has 0 aliphatic heterocycles. The summed E-state index contributed by atoms with van der Waals surface area (Å²) < 4.78 is 1.30. The number of hydrogen-bond acceptors (Lipinski definition) is 6. The molecule has 3 aromatic heterocycles. The molecule has 10 heteroatoms. The summed E-state index contributed by atoms with van der Waals surface area (Å²) in [6.07, 6.45) is 6.23. The van der Waals surface area contributed by atoms with Gasteiger partial charge in [0, 0.05) is 27.3 Å². The van der Waals surface area contributed by atoms with Crippen LogP contribution in [-0.4, -0.2) is 37.8 Å². The molecule has 0 saturated carbocycles. The molecule has 158 valence electrons. The van der Waals surface area contributed by atoms with Gasteiger partial charge in [0.2, 0.25) is 12.4 Å². The van der Waals surface area contributed by atoms with Crippen molar-refractivity contribution in [1.82, 2.24) is 20.2 Å². The smallest absolute Gasteiger partial charge is 0.349 e. The first-order chi connectivity index (χ1) is 15.5. The highest BCUT2D eigenvalue weighted by atomic mass is 16.7. The Morgan fingerprint density at radius 2 is 2.06 bits per heavy atom.